The second-order valence-electron chi connectivity index (χ2n) is 7.19. The molecule has 2 aromatic carbocycles. The third-order valence-electron chi connectivity index (χ3n) is 5.46. The zero-order valence-electron chi connectivity index (χ0n) is 16.8. The van der Waals surface area contributed by atoms with Crippen LogP contribution in [0.1, 0.15) is 23.6 Å². The van der Waals surface area contributed by atoms with Crippen molar-refractivity contribution in [3.63, 3.8) is 0 Å². The second kappa shape index (κ2) is 8.29. The number of anilines is 3. The number of aromatic amines is 1. The minimum absolute atomic E-state index is 0.0121. The first-order valence-corrected chi connectivity index (χ1v) is 10.0. The first kappa shape index (κ1) is 19.5. The summed E-state index contributed by atoms with van der Waals surface area (Å²) >= 11 is 0. The molecule has 2 heterocycles. The summed E-state index contributed by atoms with van der Waals surface area (Å²) in [6.07, 6.45) is 1.64. The van der Waals surface area contributed by atoms with Gasteiger partial charge < -0.3 is 14.9 Å². The monoisotopic (exact) mass is 401 g/mol. The van der Waals surface area contributed by atoms with Crippen molar-refractivity contribution in [2.75, 3.05) is 29.4 Å². The van der Waals surface area contributed by atoms with Gasteiger partial charge in [-0.05, 0) is 43.0 Å². The van der Waals surface area contributed by atoms with E-state index in [0.29, 0.717) is 37.1 Å². The van der Waals surface area contributed by atoms with E-state index in [2.05, 4.69) is 22.1 Å². The smallest absolute Gasteiger partial charge is 0.272 e. The van der Waals surface area contributed by atoms with Crippen LogP contribution in [0.25, 0.3) is 0 Å². The molecule has 7 nitrogen and oxygen atoms in total. The minimum Gasteiger partial charge on any atom is -0.506 e. The Morgan fingerprint density at radius 3 is 2.37 bits per heavy atom. The first-order chi connectivity index (χ1) is 14.6. The lowest BCUT2D eigenvalue weighted by molar-refractivity contribution is 0.475. The van der Waals surface area contributed by atoms with Gasteiger partial charge >= 0.3 is 0 Å². The molecule has 4 rings (SSSR count). The third-order valence-corrected chi connectivity index (χ3v) is 5.46. The van der Waals surface area contributed by atoms with Gasteiger partial charge in [-0.15, -0.1) is 0 Å². The fourth-order valence-electron chi connectivity index (χ4n) is 3.91. The van der Waals surface area contributed by atoms with E-state index in [1.54, 1.807) is 23.1 Å². The second-order valence-corrected chi connectivity index (χ2v) is 7.19. The number of hydrogen-bond donors (Lipinski definition) is 2. The molecule has 0 saturated carbocycles. The topological polar surface area (TPSA) is 96.3 Å². The molecule has 0 atom stereocenters. The van der Waals surface area contributed by atoms with Crippen molar-refractivity contribution in [1.29, 1.82) is 5.26 Å². The molecule has 0 aliphatic carbocycles. The number of benzene rings is 2. The quantitative estimate of drug-likeness (QED) is 0.697. The average Bonchev–Trinajstić information content (AvgIpc) is 2.98. The molecule has 1 aliphatic heterocycles. The van der Waals surface area contributed by atoms with E-state index in [1.165, 1.54) is 11.1 Å². The summed E-state index contributed by atoms with van der Waals surface area (Å²) in [7, 11) is 0. The number of aromatic nitrogens is 2. The molecular formula is C23H23N5O2. The van der Waals surface area contributed by atoms with Gasteiger partial charge in [-0.2, -0.15) is 10.2 Å². The number of para-hydroxylation sites is 2. The van der Waals surface area contributed by atoms with Gasteiger partial charge in [0, 0.05) is 19.6 Å². The summed E-state index contributed by atoms with van der Waals surface area (Å²) in [5.41, 5.74) is 2.65. The van der Waals surface area contributed by atoms with Gasteiger partial charge in [0.2, 0.25) is 5.95 Å². The van der Waals surface area contributed by atoms with Crippen molar-refractivity contribution in [3.05, 3.63) is 75.6 Å². The molecule has 0 radical (unpaired) electrons. The van der Waals surface area contributed by atoms with E-state index >= 15 is 0 Å². The number of fused-ring (bicyclic) bond motifs is 1. The highest BCUT2D eigenvalue weighted by molar-refractivity contribution is 5.66. The summed E-state index contributed by atoms with van der Waals surface area (Å²) in [5, 5.41) is 19.9. The fourth-order valence-corrected chi connectivity index (χ4v) is 3.91. The number of phenolic OH excluding ortho intramolecular Hbond substituents is 1. The van der Waals surface area contributed by atoms with Crippen molar-refractivity contribution in [3.8, 4) is 11.8 Å². The van der Waals surface area contributed by atoms with Crippen LogP contribution in [0.5, 0.6) is 5.75 Å². The van der Waals surface area contributed by atoms with E-state index < -0.39 is 5.56 Å². The minimum atomic E-state index is -0.479. The molecule has 30 heavy (non-hydrogen) atoms. The molecule has 0 amide bonds. The highest BCUT2D eigenvalue weighted by Crippen LogP contribution is 2.31. The Morgan fingerprint density at radius 1 is 1.13 bits per heavy atom. The molecule has 2 N–H and O–H groups in total. The molecule has 0 spiro atoms. The van der Waals surface area contributed by atoms with Gasteiger partial charge in [-0.1, -0.05) is 36.4 Å². The Labute approximate surface area is 174 Å². The predicted molar refractivity (Wildman–Crippen MR) is 116 cm³/mol. The average molecular weight is 401 g/mol. The van der Waals surface area contributed by atoms with Gasteiger partial charge in [0.05, 0.1) is 5.69 Å². The predicted octanol–water partition coefficient (Wildman–Crippen LogP) is 3.11. The Balaban J connectivity index is 1.75. The Hall–Kier alpha value is -3.79. The number of nitrogens with zero attached hydrogens (tertiary/aromatic N) is 4. The lowest BCUT2D eigenvalue weighted by Crippen LogP contribution is -2.32. The van der Waals surface area contributed by atoms with Crippen LogP contribution in [0.2, 0.25) is 0 Å². The number of nitriles is 1. The zero-order chi connectivity index (χ0) is 21.1. The van der Waals surface area contributed by atoms with Crippen molar-refractivity contribution in [1.82, 2.24) is 9.97 Å². The number of phenols is 1. The van der Waals surface area contributed by atoms with E-state index in [4.69, 9.17) is 0 Å². The maximum Gasteiger partial charge on any atom is 0.272 e. The van der Waals surface area contributed by atoms with E-state index in [1.807, 2.05) is 36.1 Å². The van der Waals surface area contributed by atoms with Crippen LogP contribution < -0.4 is 15.4 Å². The van der Waals surface area contributed by atoms with Crippen molar-refractivity contribution in [2.45, 2.75) is 19.8 Å². The van der Waals surface area contributed by atoms with Gasteiger partial charge in [0.15, 0.2) is 11.4 Å². The van der Waals surface area contributed by atoms with E-state index in [0.717, 1.165) is 12.8 Å². The standard InChI is InChI=1S/C23H23N5O2/c1-2-28(19-9-5-6-10-20(19)29)23-25-21(18(15-24)22(30)26-23)27-13-11-16-7-3-4-8-17(16)12-14-27/h3-10,29H,2,11-14H2,1H3,(H,25,26,30). The fraction of sp³-hybridized carbons (Fsp3) is 0.261. The molecule has 152 valence electrons. The van der Waals surface area contributed by atoms with Crippen molar-refractivity contribution in [2.24, 2.45) is 0 Å². The highest BCUT2D eigenvalue weighted by Gasteiger charge is 2.23. The molecule has 7 heteroatoms. The summed E-state index contributed by atoms with van der Waals surface area (Å²) in [4.78, 5) is 23.9. The van der Waals surface area contributed by atoms with Crippen LogP contribution in [-0.2, 0) is 12.8 Å². The van der Waals surface area contributed by atoms with E-state index in [-0.39, 0.29) is 11.3 Å². The highest BCUT2D eigenvalue weighted by atomic mass is 16.3. The van der Waals surface area contributed by atoms with Gasteiger partial charge in [0.1, 0.15) is 11.8 Å². The Bertz CT molecular complexity index is 1140. The number of H-pyrrole nitrogens is 1. The van der Waals surface area contributed by atoms with Crippen LogP contribution in [0, 0.1) is 11.3 Å². The molecule has 1 aromatic heterocycles. The number of hydrogen-bond acceptors (Lipinski definition) is 6. The molecule has 0 saturated heterocycles. The Morgan fingerprint density at radius 2 is 1.77 bits per heavy atom. The number of rotatable bonds is 4. The zero-order valence-corrected chi connectivity index (χ0v) is 16.8. The van der Waals surface area contributed by atoms with Crippen LogP contribution >= 0.6 is 0 Å². The summed E-state index contributed by atoms with van der Waals surface area (Å²) < 4.78 is 0. The van der Waals surface area contributed by atoms with E-state index in [9.17, 15) is 15.2 Å². The maximum absolute atomic E-state index is 12.7. The largest absolute Gasteiger partial charge is 0.506 e. The number of nitrogens with one attached hydrogen (secondary N) is 1. The van der Waals surface area contributed by atoms with Crippen LogP contribution in [0.15, 0.2) is 53.3 Å². The maximum atomic E-state index is 12.7. The molecule has 3 aromatic rings. The molecule has 0 unspecified atom stereocenters. The molecule has 0 bridgehead atoms. The normalized spacial score (nSPS) is 13.3. The molecular weight excluding hydrogens is 378 g/mol. The first-order valence-electron chi connectivity index (χ1n) is 10.0. The lowest BCUT2D eigenvalue weighted by atomic mass is 10.0. The van der Waals surface area contributed by atoms with Crippen LogP contribution in [-0.4, -0.2) is 34.7 Å². The summed E-state index contributed by atoms with van der Waals surface area (Å²) in [5.74, 6) is 0.788. The van der Waals surface area contributed by atoms with Crippen LogP contribution in [0.3, 0.4) is 0 Å². The molecule has 1 aliphatic rings. The number of aromatic hydroxyl groups is 1. The lowest BCUT2D eigenvalue weighted by Gasteiger charge is -2.26. The van der Waals surface area contributed by atoms with Gasteiger partial charge in [-0.3, -0.25) is 9.78 Å². The summed E-state index contributed by atoms with van der Waals surface area (Å²) in [6, 6.07) is 17.2. The van der Waals surface area contributed by atoms with Crippen molar-refractivity contribution < 1.29 is 5.11 Å². The summed E-state index contributed by atoms with van der Waals surface area (Å²) in [6.45, 7) is 3.73. The van der Waals surface area contributed by atoms with Gasteiger partial charge in [0.25, 0.3) is 5.56 Å². The third kappa shape index (κ3) is 3.60. The molecule has 0 fully saturated rings. The van der Waals surface area contributed by atoms with Crippen molar-refractivity contribution >= 4 is 17.5 Å². The SMILES string of the molecule is CCN(c1nc(N2CCc3ccccc3CC2)c(C#N)c(=O)[nH]1)c1ccccc1O. The van der Waals surface area contributed by atoms with Crippen LogP contribution in [0.4, 0.5) is 17.5 Å². The Kier molecular flexibility index (Phi) is 5.40. The van der Waals surface area contributed by atoms with Gasteiger partial charge in [-0.25, -0.2) is 0 Å².